The van der Waals surface area contributed by atoms with Gasteiger partial charge in [-0.05, 0) is 23.8 Å². The Morgan fingerprint density at radius 2 is 2.24 bits per heavy atom. The monoisotopic (exact) mass is 464 g/mol. The van der Waals surface area contributed by atoms with Crippen LogP contribution in [0.2, 0.25) is 0 Å². The number of benzene rings is 1. The van der Waals surface area contributed by atoms with Crippen LogP contribution in [0.5, 0.6) is 5.75 Å². The Morgan fingerprint density at radius 3 is 2.97 bits per heavy atom. The fraction of sp³-hybridized carbons (Fsp3) is 0.391. The summed E-state index contributed by atoms with van der Waals surface area (Å²) in [5.41, 5.74) is 1.57. The van der Waals surface area contributed by atoms with Gasteiger partial charge in [-0.1, -0.05) is 6.07 Å². The first kappa shape index (κ1) is 20.9. The first-order chi connectivity index (χ1) is 16.5. The molecule has 0 saturated carbocycles. The Kier molecular flexibility index (Phi) is 4.71. The number of aliphatic hydroxyl groups is 1. The molecule has 1 aromatic rings. The van der Waals surface area contributed by atoms with Gasteiger partial charge in [-0.15, -0.1) is 0 Å². The molecule has 34 heavy (non-hydrogen) atoms. The molecule has 2 amide bonds. The molecule has 5 aliphatic rings. The molecule has 11 nitrogen and oxygen atoms in total. The summed E-state index contributed by atoms with van der Waals surface area (Å²) >= 11 is 0. The molecular weight excluding hydrogens is 440 g/mol. The second-order valence-corrected chi connectivity index (χ2v) is 8.79. The summed E-state index contributed by atoms with van der Waals surface area (Å²) in [6.07, 6.45) is 2.41. The van der Waals surface area contributed by atoms with Gasteiger partial charge in [0.1, 0.15) is 23.4 Å². The van der Waals surface area contributed by atoms with Crippen LogP contribution in [0.15, 0.2) is 51.8 Å². The van der Waals surface area contributed by atoms with Gasteiger partial charge < -0.3 is 30.1 Å². The Hall–Kier alpha value is -3.70. The first-order valence-electron chi connectivity index (χ1n) is 11.1. The quantitative estimate of drug-likeness (QED) is 0.457. The standard InChI is InChI=1S/C23H24N6O5/c1-33-14-3-2-12-10-29(20(30)15(12)7-14)11-23(21(31)27-22(32)28-23)18-6-13-9-26-16(8-17(13)34-18)19-24-4-5-25-19/h2-3,6-7,9,17,22,28,32H,4-5,8,10-11H2,1H3,(H,24,25)(H,27,31). The lowest BCUT2D eigenvalue weighted by Gasteiger charge is -2.32. The van der Waals surface area contributed by atoms with Crippen LogP contribution in [0.25, 0.3) is 0 Å². The third-order valence-corrected chi connectivity index (χ3v) is 6.72. The third-order valence-electron chi connectivity index (χ3n) is 6.72. The van der Waals surface area contributed by atoms with Crippen molar-refractivity contribution in [3.63, 3.8) is 0 Å². The lowest BCUT2D eigenvalue weighted by atomic mass is 9.95. The number of nitrogens with zero attached hydrogens (tertiary/aromatic N) is 3. The van der Waals surface area contributed by atoms with Gasteiger partial charge in [0.25, 0.3) is 11.8 Å². The van der Waals surface area contributed by atoms with Crippen LogP contribution in [0.1, 0.15) is 22.3 Å². The number of rotatable bonds is 5. The predicted molar refractivity (Wildman–Crippen MR) is 121 cm³/mol. The highest BCUT2D eigenvalue weighted by Gasteiger charge is 2.55. The molecule has 11 heteroatoms. The smallest absolute Gasteiger partial charge is 0.254 e. The van der Waals surface area contributed by atoms with Crippen molar-refractivity contribution in [2.75, 3.05) is 26.7 Å². The van der Waals surface area contributed by atoms with E-state index in [2.05, 4.69) is 25.9 Å². The number of nitrogens with one attached hydrogen (secondary N) is 3. The normalized spacial score (nSPS) is 29.4. The highest BCUT2D eigenvalue weighted by atomic mass is 16.5. The topological polar surface area (TPSA) is 137 Å². The number of aliphatic imine (C=N–C) groups is 2. The molecular formula is C23H24N6O5. The fourth-order valence-corrected chi connectivity index (χ4v) is 4.98. The van der Waals surface area contributed by atoms with E-state index in [9.17, 15) is 14.7 Å². The SMILES string of the molecule is COc1ccc2c(c1)C(=O)N(CC1(C3=CC4=CN=C(C5=NCCN5)CC4O3)NC(O)NC1=O)C2. The Labute approximate surface area is 195 Å². The van der Waals surface area contributed by atoms with E-state index < -0.39 is 17.8 Å². The molecule has 0 aromatic heterocycles. The molecule has 5 heterocycles. The van der Waals surface area contributed by atoms with E-state index in [1.54, 1.807) is 36.4 Å². The molecule has 3 unspecified atom stereocenters. The van der Waals surface area contributed by atoms with Crippen LogP contribution in [0.4, 0.5) is 0 Å². The van der Waals surface area contributed by atoms with Crippen LogP contribution < -0.4 is 20.7 Å². The van der Waals surface area contributed by atoms with E-state index in [0.29, 0.717) is 36.6 Å². The maximum atomic E-state index is 13.2. The summed E-state index contributed by atoms with van der Waals surface area (Å²) in [6, 6.07) is 5.35. The highest BCUT2D eigenvalue weighted by Crippen LogP contribution is 2.38. The van der Waals surface area contributed by atoms with Gasteiger partial charge in [0.2, 0.25) is 0 Å². The summed E-state index contributed by atoms with van der Waals surface area (Å²) < 4.78 is 11.5. The molecule has 0 spiro atoms. The molecule has 4 N–H and O–H groups in total. The molecule has 3 atom stereocenters. The van der Waals surface area contributed by atoms with Crippen molar-refractivity contribution in [3.05, 3.63) is 52.9 Å². The fourth-order valence-electron chi connectivity index (χ4n) is 4.98. The number of aliphatic hydroxyl groups excluding tert-OH is 1. The van der Waals surface area contributed by atoms with Crippen molar-refractivity contribution in [1.82, 2.24) is 20.9 Å². The van der Waals surface area contributed by atoms with Crippen molar-refractivity contribution in [3.8, 4) is 5.75 Å². The van der Waals surface area contributed by atoms with Gasteiger partial charge in [0, 0.05) is 36.8 Å². The lowest BCUT2D eigenvalue weighted by Crippen LogP contribution is -2.57. The van der Waals surface area contributed by atoms with Crippen molar-refractivity contribution < 1.29 is 24.2 Å². The maximum Gasteiger partial charge on any atom is 0.254 e. The predicted octanol–water partition coefficient (Wildman–Crippen LogP) is -0.602. The zero-order valence-corrected chi connectivity index (χ0v) is 18.5. The van der Waals surface area contributed by atoms with Crippen molar-refractivity contribution in [2.45, 2.75) is 31.0 Å². The molecule has 0 radical (unpaired) electrons. The zero-order valence-electron chi connectivity index (χ0n) is 18.5. The summed E-state index contributed by atoms with van der Waals surface area (Å²) in [6.45, 7) is 1.81. The van der Waals surface area contributed by atoms with E-state index in [-0.39, 0.29) is 18.6 Å². The molecule has 1 aromatic carbocycles. The van der Waals surface area contributed by atoms with Crippen molar-refractivity contribution in [1.29, 1.82) is 0 Å². The third kappa shape index (κ3) is 3.19. The Balaban J connectivity index is 1.29. The summed E-state index contributed by atoms with van der Waals surface area (Å²) in [4.78, 5) is 36.9. The molecule has 5 aliphatic heterocycles. The van der Waals surface area contributed by atoms with Gasteiger partial charge >= 0.3 is 0 Å². The number of carbonyl (C=O) groups excluding carboxylic acids is 2. The van der Waals surface area contributed by atoms with Gasteiger partial charge in [-0.3, -0.25) is 24.9 Å². The number of amidine groups is 1. The minimum absolute atomic E-state index is 0.0144. The summed E-state index contributed by atoms with van der Waals surface area (Å²) in [7, 11) is 1.55. The van der Waals surface area contributed by atoms with Crippen molar-refractivity contribution >= 4 is 23.4 Å². The second-order valence-electron chi connectivity index (χ2n) is 8.79. The number of hydrogen-bond donors (Lipinski definition) is 4. The van der Waals surface area contributed by atoms with Crippen LogP contribution in [-0.4, -0.2) is 78.1 Å². The van der Waals surface area contributed by atoms with Crippen LogP contribution >= 0.6 is 0 Å². The van der Waals surface area contributed by atoms with Gasteiger partial charge in [-0.2, -0.15) is 0 Å². The minimum atomic E-state index is -1.44. The number of carbonyl (C=O) groups is 2. The molecule has 0 aliphatic carbocycles. The number of hydrogen-bond acceptors (Lipinski definition) is 9. The molecule has 1 saturated heterocycles. The molecule has 176 valence electrons. The Bertz CT molecular complexity index is 1220. The van der Waals surface area contributed by atoms with E-state index >= 15 is 0 Å². The van der Waals surface area contributed by atoms with Gasteiger partial charge in [-0.25, -0.2) is 0 Å². The van der Waals surface area contributed by atoms with E-state index in [4.69, 9.17) is 9.47 Å². The van der Waals surface area contributed by atoms with Crippen LogP contribution in [0, 0.1) is 0 Å². The summed E-state index contributed by atoms with van der Waals surface area (Å²) in [5, 5.41) is 18.8. The number of ether oxygens (including phenoxy) is 2. The zero-order chi connectivity index (χ0) is 23.4. The van der Waals surface area contributed by atoms with E-state index in [0.717, 1.165) is 29.2 Å². The van der Waals surface area contributed by atoms with Crippen LogP contribution in [-0.2, 0) is 16.1 Å². The number of amides is 2. The minimum Gasteiger partial charge on any atom is -0.497 e. The Morgan fingerprint density at radius 1 is 1.35 bits per heavy atom. The number of methoxy groups -OCH3 is 1. The maximum absolute atomic E-state index is 13.2. The molecule has 6 rings (SSSR count). The van der Waals surface area contributed by atoms with E-state index in [1.807, 2.05) is 6.07 Å². The van der Waals surface area contributed by atoms with Gasteiger partial charge in [0.05, 0.1) is 25.9 Å². The summed E-state index contributed by atoms with van der Waals surface area (Å²) in [5.74, 6) is 1.03. The molecule has 0 bridgehead atoms. The second kappa shape index (κ2) is 7.67. The van der Waals surface area contributed by atoms with Crippen LogP contribution in [0.3, 0.4) is 0 Å². The highest BCUT2D eigenvalue weighted by molar-refractivity contribution is 6.42. The average Bonchev–Trinajstić information content (AvgIpc) is 3.61. The molecule has 1 fully saturated rings. The van der Waals surface area contributed by atoms with Crippen molar-refractivity contribution in [2.24, 2.45) is 9.98 Å². The van der Waals surface area contributed by atoms with Gasteiger partial charge in [0.15, 0.2) is 11.9 Å². The average molecular weight is 464 g/mol. The number of fused-ring (bicyclic) bond motifs is 2. The lowest BCUT2D eigenvalue weighted by molar-refractivity contribution is -0.125. The largest absolute Gasteiger partial charge is 0.497 e. The van der Waals surface area contributed by atoms with E-state index in [1.165, 1.54) is 0 Å². The first-order valence-corrected chi connectivity index (χ1v) is 11.1.